The number of nitrogens with zero attached hydrogens (tertiary/aromatic N) is 2. The third kappa shape index (κ3) is 5.40. The van der Waals surface area contributed by atoms with Gasteiger partial charge >= 0.3 is 0 Å². The molecule has 0 heterocycles. The summed E-state index contributed by atoms with van der Waals surface area (Å²) in [4.78, 5) is 33.3. The van der Waals surface area contributed by atoms with E-state index in [1.807, 2.05) is 6.07 Å². The lowest BCUT2D eigenvalue weighted by Gasteiger charge is -2.08. The number of nitrogens with one attached hydrogen (secondary N) is 1. The molecular weight excluding hydrogens is 364 g/mol. The lowest BCUT2D eigenvalue weighted by Crippen LogP contribution is -2.19. The zero-order valence-electron chi connectivity index (χ0n) is 14.8. The molecular formula is C19H16N4O5. The highest BCUT2D eigenvalue weighted by atomic mass is 16.6. The second-order valence-electron chi connectivity index (χ2n) is 5.70. The maximum absolute atomic E-state index is 12.4. The van der Waals surface area contributed by atoms with Gasteiger partial charge in [-0.15, -0.1) is 0 Å². The van der Waals surface area contributed by atoms with Gasteiger partial charge in [0.05, 0.1) is 4.92 Å². The molecule has 0 atom stereocenters. The number of rotatable bonds is 7. The molecule has 0 saturated carbocycles. The highest BCUT2D eigenvalue weighted by Gasteiger charge is 2.13. The van der Waals surface area contributed by atoms with Crippen LogP contribution in [0.15, 0.2) is 48.0 Å². The van der Waals surface area contributed by atoms with Crippen LogP contribution >= 0.6 is 0 Å². The number of aryl methyl sites for hydroxylation is 1. The average Bonchev–Trinajstić information content (AvgIpc) is 2.66. The Morgan fingerprint density at radius 1 is 1.29 bits per heavy atom. The largest absolute Gasteiger partial charge is 0.484 e. The number of hydrogen-bond donors (Lipinski definition) is 2. The zero-order chi connectivity index (χ0) is 20.7. The molecule has 9 nitrogen and oxygen atoms in total. The topological polar surface area (TPSA) is 148 Å². The van der Waals surface area contributed by atoms with E-state index in [9.17, 15) is 25.0 Å². The number of benzene rings is 2. The Hall–Kier alpha value is -4.19. The van der Waals surface area contributed by atoms with E-state index in [-0.39, 0.29) is 17.9 Å². The SMILES string of the molecule is Cc1cc([N+](=O)[O-])ccc1NC(=O)/C(C#N)=C/c1ccc(OCC(N)=O)cc1. The Balaban J connectivity index is 2.14. The fourth-order valence-electron chi connectivity index (χ4n) is 2.22. The van der Waals surface area contributed by atoms with Gasteiger partial charge in [0.25, 0.3) is 17.5 Å². The minimum atomic E-state index is -0.645. The molecule has 28 heavy (non-hydrogen) atoms. The molecule has 0 unspecified atom stereocenters. The Morgan fingerprint density at radius 3 is 2.50 bits per heavy atom. The number of non-ortho nitro benzene ring substituents is 1. The molecule has 0 fully saturated rings. The molecule has 2 rings (SSSR count). The van der Waals surface area contributed by atoms with Crippen LogP contribution < -0.4 is 15.8 Å². The molecule has 0 aliphatic heterocycles. The first-order valence-electron chi connectivity index (χ1n) is 7.99. The Bertz CT molecular complexity index is 990. The second kappa shape index (κ2) is 8.95. The number of nitrogens with two attached hydrogens (primary N) is 1. The van der Waals surface area contributed by atoms with E-state index in [4.69, 9.17) is 10.5 Å². The summed E-state index contributed by atoms with van der Waals surface area (Å²) in [5.41, 5.74) is 6.19. The fraction of sp³-hybridized carbons (Fsp3) is 0.105. The molecule has 0 radical (unpaired) electrons. The predicted octanol–water partition coefficient (Wildman–Crippen LogP) is 2.31. The van der Waals surface area contributed by atoms with Crippen LogP contribution in [0.1, 0.15) is 11.1 Å². The number of nitriles is 1. The van der Waals surface area contributed by atoms with Gasteiger partial charge in [0.2, 0.25) is 0 Å². The lowest BCUT2D eigenvalue weighted by atomic mass is 10.1. The number of ether oxygens (including phenoxy) is 1. The second-order valence-corrected chi connectivity index (χ2v) is 5.70. The van der Waals surface area contributed by atoms with E-state index < -0.39 is 16.7 Å². The maximum Gasteiger partial charge on any atom is 0.269 e. The first-order valence-corrected chi connectivity index (χ1v) is 7.99. The van der Waals surface area contributed by atoms with Crippen molar-refractivity contribution in [1.82, 2.24) is 0 Å². The van der Waals surface area contributed by atoms with Crippen LogP contribution in [-0.4, -0.2) is 23.3 Å². The van der Waals surface area contributed by atoms with Gasteiger partial charge in [-0.3, -0.25) is 19.7 Å². The number of amides is 2. The quantitative estimate of drug-likeness (QED) is 0.326. The van der Waals surface area contributed by atoms with Crippen LogP contribution in [0.3, 0.4) is 0 Å². The third-order valence-electron chi connectivity index (χ3n) is 3.61. The summed E-state index contributed by atoms with van der Waals surface area (Å²) in [6.45, 7) is 1.36. The van der Waals surface area contributed by atoms with Crippen LogP contribution in [0.2, 0.25) is 0 Å². The summed E-state index contributed by atoms with van der Waals surface area (Å²) in [5, 5.41) is 22.6. The standard InChI is InChI=1S/C19H16N4O5/c1-12-8-15(23(26)27)4-7-17(12)22-19(25)14(10-20)9-13-2-5-16(6-3-13)28-11-18(21)24/h2-9H,11H2,1H3,(H2,21,24)(H,22,25)/b14-9+. The smallest absolute Gasteiger partial charge is 0.269 e. The molecule has 0 bridgehead atoms. The van der Waals surface area contributed by atoms with Crippen molar-refractivity contribution >= 4 is 29.3 Å². The van der Waals surface area contributed by atoms with Gasteiger partial charge in [-0.25, -0.2) is 0 Å². The zero-order valence-corrected chi connectivity index (χ0v) is 14.8. The van der Waals surface area contributed by atoms with Gasteiger partial charge in [-0.1, -0.05) is 12.1 Å². The molecule has 142 valence electrons. The number of primary amides is 1. The normalized spacial score (nSPS) is 10.6. The van der Waals surface area contributed by atoms with Crippen LogP contribution in [-0.2, 0) is 9.59 Å². The maximum atomic E-state index is 12.4. The minimum Gasteiger partial charge on any atom is -0.484 e. The Kier molecular flexibility index (Phi) is 6.44. The molecule has 0 aromatic heterocycles. The van der Waals surface area contributed by atoms with Gasteiger partial charge in [0.1, 0.15) is 17.4 Å². The predicted molar refractivity (Wildman–Crippen MR) is 101 cm³/mol. The van der Waals surface area contributed by atoms with Crippen molar-refractivity contribution < 1.29 is 19.2 Å². The highest BCUT2D eigenvalue weighted by Crippen LogP contribution is 2.22. The summed E-state index contributed by atoms with van der Waals surface area (Å²) in [7, 11) is 0. The van der Waals surface area contributed by atoms with E-state index in [2.05, 4.69) is 5.32 Å². The van der Waals surface area contributed by atoms with Gasteiger partial charge in [0, 0.05) is 17.8 Å². The van der Waals surface area contributed by atoms with Crippen LogP contribution in [0.5, 0.6) is 5.75 Å². The molecule has 0 aliphatic rings. The average molecular weight is 380 g/mol. The van der Waals surface area contributed by atoms with Crippen LogP contribution in [0.4, 0.5) is 11.4 Å². The van der Waals surface area contributed by atoms with Gasteiger partial charge in [0.15, 0.2) is 6.61 Å². The molecule has 3 N–H and O–H groups in total. The Morgan fingerprint density at radius 2 is 1.96 bits per heavy atom. The molecule has 0 saturated heterocycles. The monoisotopic (exact) mass is 380 g/mol. The number of hydrogen-bond acceptors (Lipinski definition) is 6. The Labute approximate surface area is 160 Å². The summed E-state index contributed by atoms with van der Waals surface area (Å²) in [5.74, 6) is -0.831. The van der Waals surface area contributed by atoms with Crippen molar-refractivity contribution in [2.24, 2.45) is 5.73 Å². The summed E-state index contributed by atoms with van der Waals surface area (Å²) < 4.78 is 5.13. The number of nitro groups is 1. The van der Waals surface area contributed by atoms with Crippen molar-refractivity contribution in [3.63, 3.8) is 0 Å². The van der Waals surface area contributed by atoms with Crippen LogP contribution in [0.25, 0.3) is 6.08 Å². The van der Waals surface area contributed by atoms with E-state index in [1.54, 1.807) is 31.2 Å². The van der Waals surface area contributed by atoms with Gasteiger partial charge in [-0.05, 0) is 42.3 Å². The van der Waals surface area contributed by atoms with Gasteiger partial charge < -0.3 is 15.8 Å². The first kappa shape index (κ1) is 20.1. The number of nitro benzene ring substituents is 1. The van der Waals surface area contributed by atoms with E-state index in [1.165, 1.54) is 24.3 Å². The highest BCUT2D eigenvalue weighted by molar-refractivity contribution is 6.10. The number of carbonyl (C=O) groups is 2. The molecule has 2 aromatic rings. The van der Waals surface area contributed by atoms with Gasteiger partial charge in [-0.2, -0.15) is 5.26 Å². The fourth-order valence-corrected chi connectivity index (χ4v) is 2.22. The lowest BCUT2D eigenvalue weighted by molar-refractivity contribution is -0.384. The van der Waals surface area contributed by atoms with E-state index in [0.717, 1.165) is 0 Å². The number of anilines is 1. The van der Waals surface area contributed by atoms with E-state index >= 15 is 0 Å². The van der Waals surface area contributed by atoms with Crippen molar-refractivity contribution in [3.8, 4) is 11.8 Å². The molecule has 0 aliphatic carbocycles. The number of carbonyl (C=O) groups excluding carboxylic acids is 2. The summed E-state index contributed by atoms with van der Waals surface area (Å²) in [6.07, 6.45) is 1.38. The molecule has 2 amide bonds. The molecule has 2 aromatic carbocycles. The van der Waals surface area contributed by atoms with Crippen molar-refractivity contribution in [2.75, 3.05) is 11.9 Å². The molecule has 0 spiro atoms. The summed E-state index contributed by atoms with van der Waals surface area (Å²) in [6, 6.07) is 12.2. The third-order valence-corrected chi connectivity index (χ3v) is 3.61. The van der Waals surface area contributed by atoms with Crippen molar-refractivity contribution in [3.05, 3.63) is 69.3 Å². The van der Waals surface area contributed by atoms with Crippen LogP contribution in [0, 0.1) is 28.4 Å². The minimum absolute atomic E-state index is 0.0924. The summed E-state index contributed by atoms with van der Waals surface area (Å²) >= 11 is 0. The van der Waals surface area contributed by atoms with Crippen molar-refractivity contribution in [1.29, 1.82) is 5.26 Å². The molecule has 9 heteroatoms. The van der Waals surface area contributed by atoms with Crippen molar-refractivity contribution in [2.45, 2.75) is 6.92 Å². The first-order chi connectivity index (χ1) is 13.3. The van der Waals surface area contributed by atoms with E-state index in [0.29, 0.717) is 22.6 Å².